The fourth-order valence-corrected chi connectivity index (χ4v) is 2.93. The number of rotatable bonds is 4. The van der Waals surface area contributed by atoms with Crippen molar-refractivity contribution in [3.05, 3.63) is 12.6 Å². The molecule has 0 spiro atoms. The maximum atomic E-state index is 3.87. The standard InChI is InChI=1S/C14H26B/c1-4-14(3,15-5-2)13-11-9-7-6-8-10-12-13/h5,13H,2,4,6-12H2,1,3H3. The number of hydrogen-bond donors (Lipinski definition) is 0. The van der Waals surface area contributed by atoms with E-state index in [2.05, 4.69) is 27.7 Å². The van der Waals surface area contributed by atoms with Gasteiger partial charge in [-0.15, -0.1) is 12.6 Å². The smallest absolute Gasteiger partial charge is 0.129 e. The zero-order valence-corrected chi connectivity index (χ0v) is 10.6. The van der Waals surface area contributed by atoms with Crippen LogP contribution in [0.2, 0.25) is 5.31 Å². The molecule has 0 aromatic heterocycles. The highest BCUT2D eigenvalue weighted by molar-refractivity contribution is 6.46. The van der Waals surface area contributed by atoms with E-state index < -0.39 is 0 Å². The molecule has 0 bridgehead atoms. The molecule has 0 aromatic rings. The Hall–Kier alpha value is -0.195. The fraction of sp³-hybridized carbons (Fsp3) is 0.857. The van der Waals surface area contributed by atoms with Gasteiger partial charge >= 0.3 is 0 Å². The summed E-state index contributed by atoms with van der Waals surface area (Å²) in [7, 11) is 2.35. The second-order valence-corrected chi connectivity index (χ2v) is 5.30. The van der Waals surface area contributed by atoms with E-state index in [-0.39, 0.29) is 0 Å². The van der Waals surface area contributed by atoms with Crippen LogP contribution in [-0.2, 0) is 0 Å². The monoisotopic (exact) mass is 205 g/mol. The van der Waals surface area contributed by atoms with Crippen molar-refractivity contribution in [3.8, 4) is 0 Å². The Kier molecular flexibility index (Phi) is 5.49. The lowest BCUT2D eigenvalue weighted by Gasteiger charge is -2.37. The van der Waals surface area contributed by atoms with Crippen LogP contribution in [0.4, 0.5) is 0 Å². The summed E-state index contributed by atoms with van der Waals surface area (Å²) in [5, 5.41) is 0.402. The van der Waals surface area contributed by atoms with Gasteiger partial charge in [-0.3, -0.25) is 0 Å². The van der Waals surface area contributed by atoms with Crippen molar-refractivity contribution in [3.63, 3.8) is 0 Å². The van der Waals surface area contributed by atoms with Crippen molar-refractivity contribution < 1.29 is 0 Å². The molecular formula is C14H26B. The zero-order valence-electron chi connectivity index (χ0n) is 10.6. The molecule has 0 heterocycles. The minimum absolute atomic E-state index is 0.402. The van der Waals surface area contributed by atoms with Crippen molar-refractivity contribution in [2.24, 2.45) is 5.92 Å². The van der Waals surface area contributed by atoms with Gasteiger partial charge < -0.3 is 0 Å². The lowest BCUT2D eigenvalue weighted by Crippen LogP contribution is -2.26. The van der Waals surface area contributed by atoms with Gasteiger partial charge in [-0.1, -0.05) is 70.5 Å². The Morgan fingerprint density at radius 3 is 2.20 bits per heavy atom. The van der Waals surface area contributed by atoms with Crippen molar-refractivity contribution >= 4 is 7.28 Å². The van der Waals surface area contributed by atoms with Crippen LogP contribution >= 0.6 is 0 Å². The molecule has 0 saturated heterocycles. The molecule has 15 heavy (non-hydrogen) atoms. The van der Waals surface area contributed by atoms with Crippen LogP contribution in [0, 0.1) is 5.92 Å². The normalized spacial score (nSPS) is 23.6. The molecule has 0 aromatic carbocycles. The van der Waals surface area contributed by atoms with Crippen molar-refractivity contribution in [2.75, 3.05) is 0 Å². The summed E-state index contributed by atoms with van der Waals surface area (Å²) in [5.74, 6) is 2.89. The van der Waals surface area contributed by atoms with E-state index >= 15 is 0 Å². The maximum Gasteiger partial charge on any atom is 0.147 e. The second kappa shape index (κ2) is 6.40. The highest BCUT2D eigenvalue weighted by Gasteiger charge is 2.31. The molecule has 0 aliphatic heterocycles. The summed E-state index contributed by atoms with van der Waals surface area (Å²) >= 11 is 0. The van der Waals surface area contributed by atoms with Crippen LogP contribution in [-0.4, -0.2) is 7.28 Å². The first-order valence-corrected chi connectivity index (χ1v) is 6.70. The molecule has 1 fully saturated rings. The molecule has 0 amide bonds. The van der Waals surface area contributed by atoms with Crippen molar-refractivity contribution in [1.29, 1.82) is 0 Å². The first kappa shape index (κ1) is 12.9. The van der Waals surface area contributed by atoms with Gasteiger partial charge in [0.25, 0.3) is 0 Å². The molecule has 1 heteroatoms. The zero-order chi connectivity index (χ0) is 11.1. The van der Waals surface area contributed by atoms with E-state index in [0.29, 0.717) is 5.31 Å². The summed E-state index contributed by atoms with van der Waals surface area (Å²) in [5.41, 5.74) is 0. The summed E-state index contributed by atoms with van der Waals surface area (Å²) < 4.78 is 0. The molecule has 1 saturated carbocycles. The van der Waals surface area contributed by atoms with Crippen LogP contribution in [0.25, 0.3) is 0 Å². The minimum atomic E-state index is 0.402. The second-order valence-electron chi connectivity index (χ2n) is 5.30. The first-order valence-electron chi connectivity index (χ1n) is 6.70. The average molecular weight is 205 g/mol. The molecule has 85 valence electrons. The predicted octanol–water partition coefficient (Wildman–Crippen LogP) is 4.78. The number of hydrogen-bond acceptors (Lipinski definition) is 0. The van der Waals surface area contributed by atoms with Gasteiger partial charge in [-0.2, -0.15) is 0 Å². The summed E-state index contributed by atoms with van der Waals surface area (Å²) in [4.78, 5) is 0. The SMILES string of the molecule is C=C[B]C(C)(CC)C1CCCCCCC1. The maximum absolute atomic E-state index is 3.87. The van der Waals surface area contributed by atoms with Crippen LogP contribution in [0.3, 0.4) is 0 Å². The van der Waals surface area contributed by atoms with E-state index in [1.54, 1.807) is 0 Å². The van der Waals surface area contributed by atoms with E-state index in [1.165, 1.54) is 51.4 Å². The van der Waals surface area contributed by atoms with Gasteiger partial charge in [0.15, 0.2) is 0 Å². The van der Waals surface area contributed by atoms with Crippen molar-refractivity contribution in [1.82, 2.24) is 0 Å². The lowest BCUT2D eigenvalue weighted by molar-refractivity contribution is 0.288. The average Bonchev–Trinajstić information content (AvgIpc) is 2.17. The van der Waals surface area contributed by atoms with E-state index in [0.717, 1.165) is 5.92 Å². The lowest BCUT2D eigenvalue weighted by atomic mass is 9.46. The third-order valence-corrected chi connectivity index (χ3v) is 4.30. The highest BCUT2D eigenvalue weighted by atomic mass is 14.3. The molecule has 0 N–H and O–H groups in total. The van der Waals surface area contributed by atoms with E-state index in [1.807, 2.05) is 5.98 Å². The third kappa shape index (κ3) is 3.70. The Balaban J connectivity index is 2.58. The predicted molar refractivity (Wildman–Crippen MR) is 70.4 cm³/mol. The summed E-state index contributed by atoms with van der Waals surface area (Å²) in [6.07, 6.45) is 11.3. The van der Waals surface area contributed by atoms with Crippen LogP contribution < -0.4 is 0 Å². The van der Waals surface area contributed by atoms with Crippen LogP contribution in [0.5, 0.6) is 0 Å². The van der Waals surface area contributed by atoms with Crippen LogP contribution in [0.1, 0.15) is 65.2 Å². The molecule has 1 aliphatic rings. The van der Waals surface area contributed by atoms with Gasteiger partial charge in [0, 0.05) is 0 Å². The molecule has 1 unspecified atom stereocenters. The largest absolute Gasteiger partial charge is 0.147 e. The quantitative estimate of drug-likeness (QED) is 0.579. The Labute approximate surface area is 96.8 Å². The van der Waals surface area contributed by atoms with E-state index in [4.69, 9.17) is 0 Å². The molecule has 0 nitrogen and oxygen atoms in total. The van der Waals surface area contributed by atoms with Crippen LogP contribution in [0.15, 0.2) is 12.6 Å². The van der Waals surface area contributed by atoms with Crippen molar-refractivity contribution in [2.45, 2.75) is 70.5 Å². The first-order chi connectivity index (χ1) is 7.23. The van der Waals surface area contributed by atoms with Gasteiger partial charge in [0.2, 0.25) is 0 Å². The van der Waals surface area contributed by atoms with E-state index in [9.17, 15) is 0 Å². The minimum Gasteiger partial charge on any atom is -0.129 e. The summed E-state index contributed by atoms with van der Waals surface area (Å²) in [6, 6.07) is 0. The third-order valence-electron chi connectivity index (χ3n) is 4.30. The van der Waals surface area contributed by atoms with Gasteiger partial charge in [0.1, 0.15) is 7.28 Å². The van der Waals surface area contributed by atoms with Gasteiger partial charge in [-0.05, 0) is 5.92 Å². The Morgan fingerprint density at radius 1 is 1.20 bits per heavy atom. The topological polar surface area (TPSA) is 0 Å². The molecule has 1 radical (unpaired) electrons. The highest BCUT2D eigenvalue weighted by Crippen LogP contribution is 2.44. The van der Waals surface area contributed by atoms with Gasteiger partial charge in [-0.25, -0.2) is 0 Å². The fourth-order valence-electron chi connectivity index (χ4n) is 2.93. The molecule has 1 atom stereocenters. The Bertz CT molecular complexity index is 180. The van der Waals surface area contributed by atoms with Gasteiger partial charge in [0.05, 0.1) is 0 Å². The Morgan fingerprint density at radius 2 is 1.73 bits per heavy atom. The molecular weight excluding hydrogens is 179 g/mol. The molecule has 1 rings (SSSR count). The summed E-state index contributed by atoms with van der Waals surface area (Å²) in [6.45, 7) is 8.61. The molecule has 1 aliphatic carbocycles.